The largest absolute Gasteiger partial charge is 0.397 e. The standard InChI is InChI=1S/C26H22FN3O2S/c1-15-7-13-19(14-8-15)29-25(32)21-22(28)24(23(31)17-9-11-18(27)12-10-17)33-26(21)30-20-6-4-3-5-16(20)2/h3-14,30H,28H2,1-2H3,(H,29,32). The van der Waals surface area contributed by atoms with Crippen molar-refractivity contribution in [1.29, 1.82) is 0 Å². The minimum absolute atomic E-state index is 0.0787. The first-order valence-electron chi connectivity index (χ1n) is 10.3. The van der Waals surface area contributed by atoms with Crippen molar-refractivity contribution in [1.82, 2.24) is 0 Å². The fourth-order valence-electron chi connectivity index (χ4n) is 3.32. The van der Waals surface area contributed by atoms with Gasteiger partial charge in [-0.25, -0.2) is 4.39 Å². The van der Waals surface area contributed by atoms with Crippen molar-refractivity contribution in [2.75, 3.05) is 16.4 Å². The molecule has 0 bridgehead atoms. The predicted octanol–water partition coefficient (Wildman–Crippen LogP) is 6.31. The van der Waals surface area contributed by atoms with Crippen LogP contribution in [0.5, 0.6) is 0 Å². The Bertz CT molecular complexity index is 1330. The summed E-state index contributed by atoms with van der Waals surface area (Å²) in [7, 11) is 0. The maximum atomic E-state index is 13.3. The lowest BCUT2D eigenvalue weighted by Gasteiger charge is -2.11. The molecule has 4 aromatic rings. The number of amides is 1. The van der Waals surface area contributed by atoms with Gasteiger partial charge in [0.25, 0.3) is 5.91 Å². The monoisotopic (exact) mass is 459 g/mol. The van der Waals surface area contributed by atoms with Gasteiger partial charge >= 0.3 is 0 Å². The van der Waals surface area contributed by atoms with Gasteiger partial charge in [-0.3, -0.25) is 9.59 Å². The Morgan fingerprint density at radius 2 is 1.58 bits per heavy atom. The predicted molar refractivity (Wildman–Crippen MR) is 132 cm³/mol. The van der Waals surface area contributed by atoms with Gasteiger partial charge in [-0.2, -0.15) is 0 Å². The number of aryl methyl sites for hydroxylation is 2. The number of nitrogen functional groups attached to an aromatic ring is 1. The molecule has 0 spiro atoms. The van der Waals surface area contributed by atoms with E-state index in [-0.39, 0.29) is 27.5 Å². The van der Waals surface area contributed by atoms with Gasteiger partial charge in [0.2, 0.25) is 5.78 Å². The van der Waals surface area contributed by atoms with Gasteiger partial charge in [-0.05, 0) is 61.9 Å². The Labute approximate surface area is 195 Å². The Kier molecular flexibility index (Phi) is 6.24. The van der Waals surface area contributed by atoms with Crippen molar-refractivity contribution >= 4 is 45.1 Å². The summed E-state index contributed by atoms with van der Waals surface area (Å²) in [5, 5.41) is 6.57. The highest BCUT2D eigenvalue weighted by atomic mass is 32.1. The van der Waals surface area contributed by atoms with E-state index in [2.05, 4.69) is 10.6 Å². The first kappa shape index (κ1) is 22.2. The van der Waals surface area contributed by atoms with Crippen LogP contribution in [0.4, 0.5) is 26.5 Å². The molecule has 0 radical (unpaired) electrons. The number of anilines is 4. The molecule has 166 valence electrons. The molecule has 1 aromatic heterocycles. The van der Waals surface area contributed by atoms with Crippen molar-refractivity contribution in [3.63, 3.8) is 0 Å². The van der Waals surface area contributed by atoms with Crippen LogP contribution in [-0.4, -0.2) is 11.7 Å². The Morgan fingerprint density at radius 1 is 0.909 bits per heavy atom. The first-order chi connectivity index (χ1) is 15.8. The van der Waals surface area contributed by atoms with Crippen LogP contribution in [0.15, 0.2) is 72.8 Å². The quantitative estimate of drug-likeness (QED) is 0.295. The molecule has 1 heterocycles. The molecule has 4 rings (SSSR count). The third-order valence-corrected chi connectivity index (χ3v) is 6.31. The van der Waals surface area contributed by atoms with Gasteiger partial charge in [0.15, 0.2) is 0 Å². The molecule has 0 fully saturated rings. The Morgan fingerprint density at radius 3 is 2.24 bits per heavy atom. The summed E-state index contributed by atoms with van der Waals surface area (Å²) in [5.74, 6) is -1.24. The van der Waals surface area contributed by atoms with Crippen molar-refractivity contribution in [3.8, 4) is 0 Å². The summed E-state index contributed by atoms with van der Waals surface area (Å²) < 4.78 is 13.3. The first-order valence-corrected chi connectivity index (χ1v) is 11.1. The maximum absolute atomic E-state index is 13.3. The zero-order valence-electron chi connectivity index (χ0n) is 18.1. The van der Waals surface area contributed by atoms with Crippen LogP contribution in [0.2, 0.25) is 0 Å². The number of halogens is 1. The van der Waals surface area contributed by atoms with Gasteiger partial charge in [0, 0.05) is 16.9 Å². The van der Waals surface area contributed by atoms with E-state index in [1.807, 2.05) is 50.2 Å². The fraction of sp³-hybridized carbons (Fsp3) is 0.0769. The average Bonchev–Trinajstić information content (AvgIpc) is 3.12. The van der Waals surface area contributed by atoms with Crippen LogP contribution < -0.4 is 16.4 Å². The fourth-order valence-corrected chi connectivity index (χ4v) is 4.42. The molecule has 0 aliphatic carbocycles. The van der Waals surface area contributed by atoms with Crippen LogP contribution >= 0.6 is 11.3 Å². The lowest BCUT2D eigenvalue weighted by atomic mass is 10.1. The van der Waals surface area contributed by atoms with Gasteiger partial charge < -0.3 is 16.4 Å². The highest BCUT2D eigenvalue weighted by molar-refractivity contribution is 7.19. The van der Waals surface area contributed by atoms with E-state index in [9.17, 15) is 14.0 Å². The van der Waals surface area contributed by atoms with E-state index in [0.29, 0.717) is 10.7 Å². The molecule has 0 atom stereocenters. The van der Waals surface area contributed by atoms with Crippen LogP contribution in [0.1, 0.15) is 36.7 Å². The molecular weight excluding hydrogens is 437 g/mol. The average molecular weight is 460 g/mol. The molecule has 7 heteroatoms. The number of para-hydroxylation sites is 1. The van der Waals surface area contributed by atoms with Crippen molar-refractivity contribution in [2.24, 2.45) is 0 Å². The summed E-state index contributed by atoms with van der Waals surface area (Å²) in [6.07, 6.45) is 0. The summed E-state index contributed by atoms with van der Waals surface area (Å²) in [4.78, 5) is 26.6. The second-order valence-corrected chi connectivity index (χ2v) is 8.67. The van der Waals surface area contributed by atoms with Crippen molar-refractivity contribution in [3.05, 3.63) is 106 Å². The van der Waals surface area contributed by atoms with E-state index >= 15 is 0 Å². The third kappa shape index (κ3) is 4.78. The van der Waals surface area contributed by atoms with E-state index < -0.39 is 11.7 Å². The van der Waals surface area contributed by atoms with Crippen LogP contribution in [-0.2, 0) is 0 Å². The minimum atomic E-state index is -0.439. The lowest BCUT2D eigenvalue weighted by Crippen LogP contribution is -2.15. The molecule has 3 aromatic carbocycles. The molecule has 0 saturated carbocycles. The van der Waals surface area contributed by atoms with E-state index in [1.54, 1.807) is 12.1 Å². The summed E-state index contributed by atoms with van der Waals surface area (Å²) in [6, 6.07) is 20.2. The molecule has 0 unspecified atom stereocenters. The Balaban J connectivity index is 1.76. The zero-order chi connectivity index (χ0) is 23.5. The SMILES string of the molecule is Cc1ccc(NC(=O)c2c(Nc3ccccc3C)sc(C(=O)c3ccc(F)cc3)c2N)cc1. The number of nitrogens with two attached hydrogens (primary N) is 1. The third-order valence-electron chi connectivity index (χ3n) is 5.19. The normalized spacial score (nSPS) is 10.6. The number of thiophene rings is 1. The molecule has 1 amide bonds. The number of ketones is 1. The molecule has 0 aliphatic heterocycles. The topological polar surface area (TPSA) is 84.2 Å². The number of carbonyl (C=O) groups is 2. The molecular formula is C26H22FN3O2S. The second-order valence-electron chi connectivity index (χ2n) is 7.65. The van der Waals surface area contributed by atoms with Crippen LogP contribution in [0.3, 0.4) is 0 Å². The van der Waals surface area contributed by atoms with Gasteiger partial charge in [-0.15, -0.1) is 11.3 Å². The highest BCUT2D eigenvalue weighted by Gasteiger charge is 2.27. The number of benzene rings is 3. The zero-order valence-corrected chi connectivity index (χ0v) is 18.9. The van der Waals surface area contributed by atoms with Gasteiger partial charge in [-0.1, -0.05) is 35.9 Å². The second kappa shape index (κ2) is 9.26. The Hall–Kier alpha value is -3.97. The maximum Gasteiger partial charge on any atom is 0.260 e. The molecule has 0 aliphatic rings. The smallest absolute Gasteiger partial charge is 0.260 e. The minimum Gasteiger partial charge on any atom is -0.397 e. The summed E-state index contributed by atoms with van der Waals surface area (Å²) in [5.41, 5.74) is 10.4. The van der Waals surface area contributed by atoms with E-state index in [1.165, 1.54) is 24.3 Å². The number of rotatable bonds is 6. The number of nitrogens with one attached hydrogen (secondary N) is 2. The van der Waals surface area contributed by atoms with E-state index in [0.717, 1.165) is 28.2 Å². The van der Waals surface area contributed by atoms with Crippen LogP contribution in [0, 0.1) is 19.7 Å². The number of carbonyl (C=O) groups excluding carboxylic acids is 2. The number of hydrogen-bond donors (Lipinski definition) is 3. The van der Waals surface area contributed by atoms with Crippen molar-refractivity contribution < 1.29 is 14.0 Å². The number of hydrogen-bond acceptors (Lipinski definition) is 5. The molecule has 4 N–H and O–H groups in total. The molecule has 0 saturated heterocycles. The van der Waals surface area contributed by atoms with Crippen LogP contribution in [0.25, 0.3) is 0 Å². The molecule has 5 nitrogen and oxygen atoms in total. The van der Waals surface area contributed by atoms with Crippen molar-refractivity contribution in [2.45, 2.75) is 13.8 Å². The van der Waals surface area contributed by atoms with Gasteiger partial charge in [0.1, 0.15) is 15.7 Å². The van der Waals surface area contributed by atoms with E-state index in [4.69, 9.17) is 5.73 Å². The highest BCUT2D eigenvalue weighted by Crippen LogP contribution is 2.39. The van der Waals surface area contributed by atoms with Gasteiger partial charge in [0.05, 0.1) is 11.3 Å². The summed E-state index contributed by atoms with van der Waals surface area (Å²) in [6.45, 7) is 3.90. The summed E-state index contributed by atoms with van der Waals surface area (Å²) >= 11 is 1.10. The lowest BCUT2D eigenvalue weighted by molar-refractivity contribution is 0.102. The molecule has 33 heavy (non-hydrogen) atoms.